The lowest BCUT2D eigenvalue weighted by atomic mass is 9.96. The number of likely N-dealkylation sites (N-methyl/N-ethyl adjacent to an activating group) is 1. The molecule has 1 aliphatic carbocycles. The number of hydrogen-bond donors (Lipinski definition) is 1. The molecule has 114 valence electrons. The van der Waals surface area contributed by atoms with E-state index in [4.69, 9.17) is 16.7 Å². The van der Waals surface area contributed by atoms with Gasteiger partial charge in [-0.3, -0.25) is 4.68 Å². The Morgan fingerprint density at radius 3 is 2.86 bits per heavy atom. The van der Waals surface area contributed by atoms with Crippen molar-refractivity contribution >= 4 is 22.9 Å². The first kappa shape index (κ1) is 15.1. The number of rotatable bonds is 5. The molecule has 1 fully saturated rings. The number of halogens is 1. The van der Waals surface area contributed by atoms with Crippen LogP contribution in [0.1, 0.15) is 54.8 Å². The van der Waals surface area contributed by atoms with Crippen LogP contribution in [0.4, 0.5) is 0 Å². The molecular weight excluding hydrogens is 302 g/mol. The molecule has 2 aromatic rings. The Morgan fingerprint density at radius 1 is 1.38 bits per heavy atom. The first-order valence-corrected chi connectivity index (χ1v) is 8.98. The first-order chi connectivity index (χ1) is 10.3. The van der Waals surface area contributed by atoms with Gasteiger partial charge in [0.1, 0.15) is 0 Å². The lowest BCUT2D eigenvalue weighted by molar-refractivity contribution is 0.327. The summed E-state index contributed by atoms with van der Waals surface area (Å²) < 4.78 is 2.18. The lowest BCUT2D eigenvalue weighted by Gasteiger charge is -2.22. The summed E-state index contributed by atoms with van der Waals surface area (Å²) in [7, 11) is 1.98. The van der Waals surface area contributed by atoms with Crippen molar-refractivity contribution in [1.82, 2.24) is 15.1 Å². The molecule has 1 unspecified atom stereocenters. The van der Waals surface area contributed by atoms with Crippen molar-refractivity contribution in [2.24, 2.45) is 0 Å². The largest absolute Gasteiger partial charge is 0.312 e. The van der Waals surface area contributed by atoms with Gasteiger partial charge in [-0.15, -0.1) is 11.3 Å². The number of thiophene rings is 1. The molecule has 2 aromatic heterocycles. The molecule has 1 atom stereocenters. The van der Waals surface area contributed by atoms with E-state index in [1.165, 1.54) is 37.0 Å². The molecule has 1 saturated carbocycles. The molecule has 21 heavy (non-hydrogen) atoms. The summed E-state index contributed by atoms with van der Waals surface area (Å²) in [5.74, 6) is 0. The molecule has 3 rings (SSSR count). The quantitative estimate of drug-likeness (QED) is 0.871. The Morgan fingerprint density at radius 2 is 2.19 bits per heavy atom. The maximum absolute atomic E-state index is 6.25. The minimum atomic E-state index is 0.243. The molecule has 0 aromatic carbocycles. The summed E-state index contributed by atoms with van der Waals surface area (Å²) in [5, 5.41) is 11.1. The van der Waals surface area contributed by atoms with E-state index in [0.717, 1.165) is 17.1 Å². The molecule has 1 N–H and O–H groups in total. The van der Waals surface area contributed by atoms with Gasteiger partial charge in [0.05, 0.1) is 16.8 Å². The van der Waals surface area contributed by atoms with Crippen molar-refractivity contribution in [3.05, 3.63) is 39.3 Å². The Balaban J connectivity index is 1.69. The number of nitrogens with zero attached hydrogens (tertiary/aromatic N) is 2. The summed E-state index contributed by atoms with van der Waals surface area (Å²) in [6.45, 7) is 0. The van der Waals surface area contributed by atoms with Gasteiger partial charge in [0.2, 0.25) is 0 Å². The first-order valence-electron chi connectivity index (χ1n) is 7.72. The van der Waals surface area contributed by atoms with Crippen LogP contribution in [-0.2, 0) is 6.42 Å². The van der Waals surface area contributed by atoms with Gasteiger partial charge in [-0.2, -0.15) is 5.10 Å². The molecule has 0 radical (unpaired) electrons. The highest BCUT2D eigenvalue weighted by Crippen LogP contribution is 2.31. The van der Waals surface area contributed by atoms with Gasteiger partial charge < -0.3 is 5.32 Å². The third-order valence-electron chi connectivity index (χ3n) is 4.34. The second-order valence-electron chi connectivity index (χ2n) is 5.76. The minimum absolute atomic E-state index is 0.243. The van der Waals surface area contributed by atoms with Crippen molar-refractivity contribution in [2.45, 2.75) is 50.6 Å². The van der Waals surface area contributed by atoms with Crippen molar-refractivity contribution < 1.29 is 0 Å². The standard InChI is InChI=1S/C16H22ClN3S/c1-18-15(16-14(17)8-10-21-16)11-12-7-9-20(19-12)13-5-3-2-4-6-13/h7-10,13,15,18H,2-6,11H2,1H3. The van der Waals surface area contributed by atoms with Gasteiger partial charge in [0.15, 0.2) is 0 Å². The van der Waals surface area contributed by atoms with E-state index in [-0.39, 0.29) is 6.04 Å². The van der Waals surface area contributed by atoms with Crippen molar-refractivity contribution in [3.8, 4) is 0 Å². The molecule has 0 spiro atoms. The highest BCUT2D eigenvalue weighted by molar-refractivity contribution is 7.10. The number of hydrogen-bond acceptors (Lipinski definition) is 3. The van der Waals surface area contributed by atoms with Crippen LogP contribution in [0.25, 0.3) is 0 Å². The van der Waals surface area contributed by atoms with E-state index in [0.29, 0.717) is 6.04 Å². The molecule has 0 saturated heterocycles. The van der Waals surface area contributed by atoms with Crippen LogP contribution < -0.4 is 5.32 Å². The van der Waals surface area contributed by atoms with Crippen molar-refractivity contribution in [3.63, 3.8) is 0 Å². The Kier molecular flexibility index (Phi) is 4.99. The average Bonchev–Trinajstić information content (AvgIpc) is 3.15. The van der Waals surface area contributed by atoms with E-state index in [1.54, 1.807) is 11.3 Å². The molecule has 3 nitrogen and oxygen atoms in total. The molecule has 2 heterocycles. The molecule has 0 amide bonds. The Bertz CT molecular complexity index is 572. The maximum atomic E-state index is 6.25. The van der Waals surface area contributed by atoms with E-state index in [1.807, 2.05) is 18.5 Å². The zero-order chi connectivity index (χ0) is 14.7. The molecular formula is C16H22ClN3S. The molecule has 0 aliphatic heterocycles. The molecule has 5 heteroatoms. The Hall–Kier alpha value is -0.840. The fourth-order valence-electron chi connectivity index (χ4n) is 3.12. The normalized spacial score (nSPS) is 18.0. The topological polar surface area (TPSA) is 29.9 Å². The van der Waals surface area contributed by atoms with Gasteiger partial charge in [-0.25, -0.2) is 0 Å². The van der Waals surface area contributed by atoms with Gasteiger partial charge in [-0.05, 0) is 37.4 Å². The van der Waals surface area contributed by atoms with Crippen LogP contribution in [0.15, 0.2) is 23.7 Å². The van der Waals surface area contributed by atoms with Gasteiger partial charge >= 0.3 is 0 Å². The summed E-state index contributed by atoms with van der Waals surface area (Å²) >= 11 is 7.96. The highest BCUT2D eigenvalue weighted by Gasteiger charge is 2.19. The molecule has 1 aliphatic rings. The van der Waals surface area contributed by atoms with E-state index >= 15 is 0 Å². The SMILES string of the molecule is CNC(Cc1ccn(C2CCCCC2)n1)c1sccc1Cl. The average molecular weight is 324 g/mol. The monoisotopic (exact) mass is 323 g/mol. The van der Waals surface area contributed by atoms with Crippen molar-refractivity contribution in [1.29, 1.82) is 0 Å². The lowest BCUT2D eigenvalue weighted by Crippen LogP contribution is -2.19. The van der Waals surface area contributed by atoms with Crippen LogP contribution >= 0.6 is 22.9 Å². The third-order valence-corrected chi connectivity index (χ3v) is 5.81. The summed E-state index contributed by atoms with van der Waals surface area (Å²) in [6, 6.07) is 4.96. The number of nitrogens with one attached hydrogen (secondary N) is 1. The second-order valence-corrected chi connectivity index (χ2v) is 7.11. The highest BCUT2D eigenvalue weighted by atomic mass is 35.5. The maximum Gasteiger partial charge on any atom is 0.0644 e. The van der Waals surface area contributed by atoms with Gasteiger partial charge in [0, 0.05) is 23.5 Å². The fourth-order valence-corrected chi connectivity index (χ4v) is 4.42. The van der Waals surface area contributed by atoms with Crippen LogP contribution in [0, 0.1) is 0 Å². The van der Waals surface area contributed by atoms with E-state index in [9.17, 15) is 0 Å². The van der Waals surface area contributed by atoms with Crippen molar-refractivity contribution in [2.75, 3.05) is 7.05 Å². The van der Waals surface area contributed by atoms with Crippen LogP contribution in [-0.4, -0.2) is 16.8 Å². The smallest absolute Gasteiger partial charge is 0.0644 e. The van der Waals surface area contributed by atoms with E-state index < -0.39 is 0 Å². The summed E-state index contributed by atoms with van der Waals surface area (Å²) in [4.78, 5) is 1.20. The minimum Gasteiger partial charge on any atom is -0.312 e. The zero-order valence-corrected chi connectivity index (χ0v) is 14.0. The van der Waals surface area contributed by atoms with Crippen LogP contribution in [0.2, 0.25) is 5.02 Å². The Labute approximate surface area is 135 Å². The molecule has 0 bridgehead atoms. The second kappa shape index (κ2) is 6.95. The van der Waals surface area contributed by atoms with Crippen LogP contribution in [0.5, 0.6) is 0 Å². The summed E-state index contributed by atoms with van der Waals surface area (Å²) in [6.07, 6.45) is 9.63. The van der Waals surface area contributed by atoms with Gasteiger partial charge in [0.25, 0.3) is 0 Å². The van der Waals surface area contributed by atoms with E-state index in [2.05, 4.69) is 22.3 Å². The van der Waals surface area contributed by atoms with Gasteiger partial charge in [-0.1, -0.05) is 30.9 Å². The predicted molar refractivity (Wildman–Crippen MR) is 89.2 cm³/mol. The summed E-state index contributed by atoms with van der Waals surface area (Å²) in [5.41, 5.74) is 1.14. The third kappa shape index (κ3) is 3.50. The number of aromatic nitrogens is 2. The fraction of sp³-hybridized carbons (Fsp3) is 0.562. The zero-order valence-electron chi connectivity index (χ0n) is 12.4. The van der Waals surface area contributed by atoms with Crippen LogP contribution in [0.3, 0.4) is 0 Å². The predicted octanol–water partition coefficient (Wildman–Crippen LogP) is 4.61.